The standard InChI is InChI=1S/C13H18ClN3OS/c1-15-11-10(14)6-9(7-16-11)12(18)17-8-13(19-2)4-3-5-13/h6-7H,3-5,8H2,1-2H3,(H,15,16)(H,17,18). The molecule has 104 valence electrons. The second-order valence-electron chi connectivity index (χ2n) is 4.73. The molecular formula is C13H18ClN3OS. The van der Waals surface area contributed by atoms with E-state index in [4.69, 9.17) is 11.6 Å². The van der Waals surface area contributed by atoms with Crippen molar-refractivity contribution in [1.82, 2.24) is 10.3 Å². The van der Waals surface area contributed by atoms with E-state index in [1.807, 2.05) is 11.8 Å². The van der Waals surface area contributed by atoms with Gasteiger partial charge in [0.15, 0.2) is 0 Å². The first-order valence-electron chi connectivity index (χ1n) is 6.27. The van der Waals surface area contributed by atoms with E-state index in [9.17, 15) is 4.79 Å². The molecule has 19 heavy (non-hydrogen) atoms. The molecule has 6 heteroatoms. The molecule has 1 heterocycles. The van der Waals surface area contributed by atoms with Gasteiger partial charge < -0.3 is 10.6 Å². The number of rotatable bonds is 5. The summed E-state index contributed by atoms with van der Waals surface area (Å²) in [6, 6.07) is 1.64. The summed E-state index contributed by atoms with van der Waals surface area (Å²) in [6.07, 6.45) is 7.24. The van der Waals surface area contributed by atoms with Crippen molar-refractivity contribution in [3.05, 3.63) is 22.8 Å². The smallest absolute Gasteiger partial charge is 0.252 e. The first kappa shape index (κ1) is 14.5. The van der Waals surface area contributed by atoms with Crippen LogP contribution in [0, 0.1) is 0 Å². The Balaban J connectivity index is 1.98. The first-order valence-corrected chi connectivity index (χ1v) is 7.87. The Kier molecular flexibility index (Phi) is 4.58. The molecule has 1 aromatic heterocycles. The number of halogens is 1. The lowest BCUT2D eigenvalue weighted by molar-refractivity contribution is 0.0943. The number of nitrogens with zero attached hydrogens (tertiary/aromatic N) is 1. The van der Waals surface area contributed by atoms with Crippen molar-refractivity contribution < 1.29 is 4.79 Å². The zero-order chi connectivity index (χ0) is 13.9. The number of carbonyl (C=O) groups excluding carboxylic acids is 1. The van der Waals surface area contributed by atoms with Gasteiger partial charge in [0.1, 0.15) is 5.82 Å². The van der Waals surface area contributed by atoms with E-state index < -0.39 is 0 Å². The van der Waals surface area contributed by atoms with Gasteiger partial charge in [-0.2, -0.15) is 11.8 Å². The van der Waals surface area contributed by atoms with Crippen LogP contribution in [0.4, 0.5) is 5.82 Å². The second-order valence-corrected chi connectivity index (χ2v) is 6.41. The van der Waals surface area contributed by atoms with Crippen LogP contribution in [0.3, 0.4) is 0 Å². The van der Waals surface area contributed by atoms with Gasteiger partial charge in [0, 0.05) is 24.5 Å². The van der Waals surface area contributed by atoms with Crippen LogP contribution < -0.4 is 10.6 Å². The summed E-state index contributed by atoms with van der Waals surface area (Å²) in [4.78, 5) is 16.2. The third-order valence-electron chi connectivity index (χ3n) is 3.61. The summed E-state index contributed by atoms with van der Waals surface area (Å²) in [6.45, 7) is 0.707. The summed E-state index contributed by atoms with van der Waals surface area (Å²) >= 11 is 7.86. The van der Waals surface area contributed by atoms with Crippen molar-refractivity contribution in [2.75, 3.05) is 25.2 Å². The maximum atomic E-state index is 12.1. The Morgan fingerprint density at radius 3 is 2.79 bits per heavy atom. The SMILES string of the molecule is CNc1ncc(C(=O)NCC2(SC)CCC2)cc1Cl. The molecule has 0 radical (unpaired) electrons. The molecule has 0 spiro atoms. The van der Waals surface area contributed by atoms with E-state index in [1.165, 1.54) is 19.3 Å². The van der Waals surface area contributed by atoms with Crippen LogP contribution >= 0.6 is 23.4 Å². The maximum absolute atomic E-state index is 12.1. The molecule has 0 atom stereocenters. The van der Waals surface area contributed by atoms with Crippen molar-refractivity contribution in [3.63, 3.8) is 0 Å². The molecule has 2 rings (SSSR count). The predicted molar refractivity (Wildman–Crippen MR) is 81.2 cm³/mol. The highest BCUT2D eigenvalue weighted by atomic mass is 35.5. The highest BCUT2D eigenvalue weighted by Crippen LogP contribution is 2.42. The topological polar surface area (TPSA) is 54.0 Å². The molecule has 1 aromatic rings. The van der Waals surface area contributed by atoms with E-state index in [0.29, 0.717) is 22.9 Å². The highest BCUT2D eigenvalue weighted by molar-refractivity contribution is 8.00. The zero-order valence-electron chi connectivity index (χ0n) is 11.1. The summed E-state index contributed by atoms with van der Waals surface area (Å²) < 4.78 is 0.234. The number of hydrogen-bond donors (Lipinski definition) is 2. The Morgan fingerprint density at radius 1 is 1.58 bits per heavy atom. The van der Waals surface area contributed by atoms with Gasteiger partial charge in [-0.15, -0.1) is 0 Å². The molecular weight excluding hydrogens is 282 g/mol. The van der Waals surface area contributed by atoms with Crippen molar-refractivity contribution >= 4 is 35.1 Å². The van der Waals surface area contributed by atoms with Crippen molar-refractivity contribution in [1.29, 1.82) is 0 Å². The molecule has 1 saturated carbocycles. The number of pyridine rings is 1. The van der Waals surface area contributed by atoms with E-state index in [2.05, 4.69) is 21.9 Å². The van der Waals surface area contributed by atoms with Gasteiger partial charge in [0.2, 0.25) is 0 Å². The number of hydrogen-bond acceptors (Lipinski definition) is 4. The third kappa shape index (κ3) is 3.15. The van der Waals surface area contributed by atoms with Gasteiger partial charge in [-0.1, -0.05) is 18.0 Å². The maximum Gasteiger partial charge on any atom is 0.252 e. The summed E-state index contributed by atoms with van der Waals surface area (Å²) in [5.74, 6) is 0.468. The largest absolute Gasteiger partial charge is 0.372 e. The Hall–Kier alpha value is -0.940. The van der Waals surface area contributed by atoms with Crippen LogP contribution in [-0.4, -0.2) is 35.5 Å². The minimum atomic E-state index is -0.114. The van der Waals surface area contributed by atoms with Crippen LogP contribution in [0.1, 0.15) is 29.6 Å². The fraction of sp³-hybridized carbons (Fsp3) is 0.538. The van der Waals surface area contributed by atoms with Gasteiger partial charge in [0.25, 0.3) is 5.91 Å². The Labute approximate surface area is 122 Å². The average Bonchev–Trinajstić information content (AvgIpc) is 2.37. The molecule has 1 fully saturated rings. The van der Waals surface area contributed by atoms with Crippen LogP contribution in [0.15, 0.2) is 12.3 Å². The normalized spacial score (nSPS) is 16.6. The summed E-state index contributed by atoms with van der Waals surface area (Å²) in [5.41, 5.74) is 0.500. The number of carbonyl (C=O) groups is 1. The molecule has 0 unspecified atom stereocenters. The van der Waals surface area contributed by atoms with Gasteiger partial charge in [-0.25, -0.2) is 4.98 Å². The van der Waals surface area contributed by atoms with Crippen LogP contribution in [0.5, 0.6) is 0 Å². The van der Waals surface area contributed by atoms with E-state index in [1.54, 1.807) is 19.3 Å². The van der Waals surface area contributed by atoms with Crippen molar-refractivity contribution in [2.24, 2.45) is 0 Å². The van der Waals surface area contributed by atoms with E-state index in [0.717, 1.165) is 0 Å². The molecule has 0 bridgehead atoms. The van der Waals surface area contributed by atoms with Gasteiger partial charge >= 0.3 is 0 Å². The fourth-order valence-electron chi connectivity index (χ4n) is 2.11. The minimum absolute atomic E-state index is 0.114. The second kappa shape index (κ2) is 6.01. The summed E-state index contributed by atoms with van der Waals surface area (Å²) in [5, 5.41) is 6.30. The Morgan fingerprint density at radius 2 is 2.32 bits per heavy atom. The van der Waals surface area contributed by atoms with Crippen molar-refractivity contribution in [2.45, 2.75) is 24.0 Å². The molecule has 1 amide bonds. The number of amides is 1. The van der Waals surface area contributed by atoms with Crippen LogP contribution in [-0.2, 0) is 0 Å². The van der Waals surface area contributed by atoms with Gasteiger partial charge in [-0.05, 0) is 25.2 Å². The minimum Gasteiger partial charge on any atom is -0.372 e. The van der Waals surface area contributed by atoms with Gasteiger partial charge in [-0.3, -0.25) is 4.79 Å². The van der Waals surface area contributed by atoms with E-state index in [-0.39, 0.29) is 10.7 Å². The molecule has 2 N–H and O–H groups in total. The Bertz CT molecular complexity index is 471. The zero-order valence-corrected chi connectivity index (χ0v) is 12.7. The number of nitrogens with one attached hydrogen (secondary N) is 2. The monoisotopic (exact) mass is 299 g/mol. The predicted octanol–water partition coefficient (Wildman–Crippen LogP) is 2.79. The number of thioether (sulfide) groups is 1. The lowest BCUT2D eigenvalue weighted by Crippen LogP contribution is -2.45. The third-order valence-corrected chi connectivity index (χ3v) is 5.32. The fourth-order valence-corrected chi connectivity index (χ4v) is 3.29. The summed E-state index contributed by atoms with van der Waals surface area (Å²) in [7, 11) is 1.74. The molecule has 1 aliphatic rings. The molecule has 0 aliphatic heterocycles. The molecule has 0 saturated heterocycles. The first-order chi connectivity index (χ1) is 9.10. The number of anilines is 1. The van der Waals surface area contributed by atoms with E-state index >= 15 is 0 Å². The van der Waals surface area contributed by atoms with Crippen molar-refractivity contribution in [3.8, 4) is 0 Å². The number of aromatic nitrogens is 1. The quantitative estimate of drug-likeness (QED) is 0.878. The highest BCUT2D eigenvalue weighted by Gasteiger charge is 2.36. The van der Waals surface area contributed by atoms with Crippen LogP contribution in [0.2, 0.25) is 5.02 Å². The molecule has 4 nitrogen and oxygen atoms in total. The van der Waals surface area contributed by atoms with Crippen LogP contribution in [0.25, 0.3) is 0 Å². The lowest BCUT2D eigenvalue weighted by atomic mass is 9.84. The van der Waals surface area contributed by atoms with Gasteiger partial charge in [0.05, 0.1) is 10.6 Å². The molecule has 1 aliphatic carbocycles. The molecule has 0 aromatic carbocycles. The lowest BCUT2D eigenvalue weighted by Gasteiger charge is -2.40. The average molecular weight is 300 g/mol.